The van der Waals surface area contributed by atoms with E-state index in [0.29, 0.717) is 30.2 Å². The molecule has 0 spiro atoms. The Hall–Kier alpha value is -1.39. The number of halogens is 1. The van der Waals surface area contributed by atoms with Gasteiger partial charge < -0.3 is 4.74 Å². The zero-order valence-electron chi connectivity index (χ0n) is 12.0. The summed E-state index contributed by atoms with van der Waals surface area (Å²) in [6.07, 6.45) is 3.55. The number of benzene rings is 1. The van der Waals surface area contributed by atoms with Crippen molar-refractivity contribution in [3.8, 4) is 0 Å². The fraction of sp³-hybridized carbons (Fsp3) is 0.500. The number of unbranched alkanes of at least 4 members (excludes halogenated alkanes) is 2. The van der Waals surface area contributed by atoms with Gasteiger partial charge in [0.25, 0.3) is 11.8 Å². The normalized spacial score (nSPS) is 13.9. The summed E-state index contributed by atoms with van der Waals surface area (Å²) in [6, 6.07) is 6.97. The van der Waals surface area contributed by atoms with Crippen LogP contribution in [0.25, 0.3) is 0 Å². The quantitative estimate of drug-likeness (QED) is 0.400. The second-order valence-electron chi connectivity index (χ2n) is 5.02. The van der Waals surface area contributed by atoms with Gasteiger partial charge in [-0.1, -0.05) is 12.1 Å². The van der Waals surface area contributed by atoms with Crippen LogP contribution in [0.2, 0.25) is 0 Å². The van der Waals surface area contributed by atoms with Gasteiger partial charge >= 0.3 is 0 Å². The van der Waals surface area contributed by atoms with Crippen LogP contribution in [-0.2, 0) is 4.74 Å². The molecule has 0 saturated carbocycles. The minimum absolute atomic E-state index is 0.182. The summed E-state index contributed by atoms with van der Waals surface area (Å²) >= 11 is 5.58. The molecular formula is C16H20ClNO3. The van der Waals surface area contributed by atoms with Gasteiger partial charge in [-0.25, -0.2) is 0 Å². The molecule has 1 aromatic carbocycles. The van der Waals surface area contributed by atoms with Gasteiger partial charge in [0.05, 0.1) is 11.1 Å². The first-order valence-corrected chi connectivity index (χ1v) is 7.88. The molecular weight excluding hydrogens is 290 g/mol. The Morgan fingerprint density at radius 2 is 1.48 bits per heavy atom. The molecule has 0 aliphatic carbocycles. The molecule has 0 radical (unpaired) electrons. The number of imide groups is 1. The van der Waals surface area contributed by atoms with Gasteiger partial charge in [0, 0.05) is 25.6 Å². The van der Waals surface area contributed by atoms with E-state index in [-0.39, 0.29) is 11.8 Å². The van der Waals surface area contributed by atoms with Gasteiger partial charge in [-0.2, -0.15) is 0 Å². The zero-order valence-corrected chi connectivity index (χ0v) is 12.8. The summed E-state index contributed by atoms with van der Waals surface area (Å²) in [4.78, 5) is 25.5. The number of ether oxygens (including phenoxy) is 1. The van der Waals surface area contributed by atoms with E-state index in [2.05, 4.69) is 0 Å². The van der Waals surface area contributed by atoms with Crippen LogP contribution in [-0.4, -0.2) is 42.4 Å². The van der Waals surface area contributed by atoms with E-state index in [9.17, 15) is 9.59 Å². The van der Waals surface area contributed by atoms with E-state index < -0.39 is 0 Å². The number of carbonyl (C=O) groups is 2. The summed E-state index contributed by atoms with van der Waals surface area (Å²) in [7, 11) is 0. The van der Waals surface area contributed by atoms with Crippen molar-refractivity contribution in [2.75, 3.05) is 25.6 Å². The molecule has 21 heavy (non-hydrogen) atoms. The van der Waals surface area contributed by atoms with Crippen LogP contribution in [0.3, 0.4) is 0 Å². The lowest BCUT2D eigenvalue weighted by molar-refractivity contribution is 0.0643. The third-order valence-electron chi connectivity index (χ3n) is 3.47. The Bertz CT molecular complexity index is 469. The number of hydrogen-bond donors (Lipinski definition) is 0. The van der Waals surface area contributed by atoms with Crippen molar-refractivity contribution < 1.29 is 14.3 Å². The van der Waals surface area contributed by atoms with Gasteiger partial charge in [0.15, 0.2) is 0 Å². The van der Waals surface area contributed by atoms with Crippen LogP contribution in [0.15, 0.2) is 24.3 Å². The number of carbonyl (C=O) groups excluding carboxylic acids is 2. The smallest absolute Gasteiger partial charge is 0.261 e. The molecule has 5 heteroatoms. The largest absolute Gasteiger partial charge is 0.381 e. The SMILES string of the molecule is O=C1c2ccccc2C(=O)N1CCCCOCCCCCl. The number of fused-ring (bicyclic) bond motifs is 1. The molecule has 0 N–H and O–H groups in total. The number of amides is 2. The lowest BCUT2D eigenvalue weighted by atomic mass is 10.1. The molecule has 2 amide bonds. The van der Waals surface area contributed by atoms with E-state index in [1.807, 2.05) is 0 Å². The van der Waals surface area contributed by atoms with Crippen molar-refractivity contribution >= 4 is 23.4 Å². The maximum absolute atomic E-state index is 12.1. The molecule has 0 saturated heterocycles. The molecule has 0 fully saturated rings. The van der Waals surface area contributed by atoms with E-state index in [4.69, 9.17) is 16.3 Å². The molecule has 0 atom stereocenters. The van der Waals surface area contributed by atoms with Gasteiger partial charge in [-0.3, -0.25) is 14.5 Å². The van der Waals surface area contributed by atoms with E-state index in [1.165, 1.54) is 4.90 Å². The molecule has 1 aromatic rings. The van der Waals surface area contributed by atoms with Crippen LogP contribution in [0.5, 0.6) is 0 Å². The van der Waals surface area contributed by atoms with Gasteiger partial charge in [-0.15, -0.1) is 11.6 Å². The Kier molecular flexibility index (Phi) is 6.21. The molecule has 114 valence electrons. The van der Waals surface area contributed by atoms with Crippen LogP contribution < -0.4 is 0 Å². The summed E-state index contributed by atoms with van der Waals surface area (Å²) in [5, 5.41) is 0. The number of nitrogens with zero attached hydrogens (tertiary/aromatic N) is 1. The van der Waals surface area contributed by atoms with Crippen molar-refractivity contribution in [2.45, 2.75) is 25.7 Å². The second-order valence-corrected chi connectivity index (χ2v) is 5.40. The van der Waals surface area contributed by atoms with Crippen molar-refractivity contribution in [2.24, 2.45) is 0 Å². The highest BCUT2D eigenvalue weighted by Crippen LogP contribution is 2.22. The van der Waals surface area contributed by atoms with Crippen molar-refractivity contribution in [3.63, 3.8) is 0 Å². The first-order valence-electron chi connectivity index (χ1n) is 7.34. The summed E-state index contributed by atoms with van der Waals surface area (Å²) in [5.74, 6) is 0.306. The number of alkyl halides is 1. The average molecular weight is 310 g/mol. The van der Waals surface area contributed by atoms with Crippen molar-refractivity contribution in [1.29, 1.82) is 0 Å². The van der Waals surface area contributed by atoms with E-state index in [1.54, 1.807) is 24.3 Å². The summed E-state index contributed by atoms with van der Waals surface area (Å²) < 4.78 is 5.47. The third-order valence-corrected chi connectivity index (χ3v) is 3.74. The third kappa shape index (κ3) is 4.05. The molecule has 4 nitrogen and oxygen atoms in total. The molecule has 0 aromatic heterocycles. The standard InChI is InChI=1S/C16H20ClNO3/c17-9-3-5-11-21-12-6-4-10-18-15(19)13-7-1-2-8-14(13)16(18)20/h1-2,7-8H,3-6,9-12H2. The Morgan fingerprint density at radius 3 is 2.05 bits per heavy atom. The Morgan fingerprint density at radius 1 is 0.905 bits per heavy atom. The highest BCUT2D eigenvalue weighted by atomic mass is 35.5. The molecule has 0 bridgehead atoms. The summed E-state index contributed by atoms with van der Waals surface area (Å²) in [5.41, 5.74) is 1.03. The maximum Gasteiger partial charge on any atom is 0.261 e. The minimum Gasteiger partial charge on any atom is -0.381 e. The maximum atomic E-state index is 12.1. The van der Waals surface area contributed by atoms with Crippen LogP contribution in [0.1, 0.15) is 46.4 Å². The Balaban J connectivity index is 1.69. The zero-order chi connectivity index (χ0) is 15.1. The molecule has 1 aliphatic heterocycles. The van der Waals surface area contributed by atoms with Gasteiger partial charge in [-0.05, 0) is 37.8 Å². The lowest BCUT2D eigenvalue weighted by Gasteiger charge is -2.13. The summed E-state index contributed by atoms with van der Waals surface area (Å²) in [6.45, 7) is 1.84. The fourth-order valence-corrected chi connectivity index (χ4v) is 2.51. The average Bonchev–Trinajstić information content (AvgIpc) is 2.75. The van der Waals surface area contributed by atoms with Crippen LogP contribution >= 0.6 is 11.6 Å². The molecule has 0 unspecified atom stereocenters. The lowest BCUT2D eigenvalue weighted by Crippen LogP contribution is -2.30. The van der Waals surface area contributed by atoms with E-state index >= 15 is 0 Å². The van der Waals surface area contributed by atoms with Crippen LogP contribution in [0, 0.1) is 0 Å². The topological polar surface area (TPSA) is 46.6 Å². The first-order chi connectivity index (χ1) is 10.3. The number of hydrogen-bond acceptors (Lipinski definition) is 3. The molecule has 1 heterocycles. The second kappa shape index (κ2) is 8.15. The minimum atomic E-state index is -0.182. The van der Waals surface area contributed by atoms with Crippen molar-refractivity contribution in [1.82, 2.24) is 4.90 Å². The first kappa shape index (κ1) is 16.0. The Labute approximate surface area is 130 Å². The number of rotatable bonds is 9. The fourth-order valence-electron chi connectivity index (χ4n) is 2.32. The highest BCUT2D eigenvalue weighted by Gasteiger charge is 2.34. The van der Waals surface area contributed by atoms with Crippen LogP contribution in [0.4, 0.5) is 0 Å². The van der Waals surface area contributed by atoms with Gasteiger partial charge in [0.1, 0.15) is 0 Å². The van der Waals surface area contributed by atoms with Gasteiger partial charge in [0.2, 0.25) is 0 Å². The predicted octanol–water partition coefficient (Wildman–Crippen LogP) is 3.10. The van der Waals surface area contributed by atoms with E-state index in [0.717, 1.165) is 32.3 Å². The predicted molar refractivity (Wildman–Crippen MR) is 81.8 cm³/mol. The van der Waals surface area contributed by atoms with Crippen molar-refractivity contribution in [3.05, 3.63) is 35.4 Å². The molecule has 2 rings (SSSR count). The monoisotopic (exact) mass is 309 g/mol. The molecule has 1 aliphatic rings. The highest BCUT2D eigenvalue weighted by molar-refractivity contribution is 6.21.